The first-order chi connectivity index (χ1) is 8.12. The zero-order valence-corrected chi connectivity index (χ0v) is 11.3. The van der Waals surface area contributed by atoms with E-state index in [2.05, 4.69) is 24.1 Å². The molecule has 1 atom stereocenters. The van der Waals surface area contributed by atoms with E-state index in [0.717, 1.165) is 25.7 Å². The van der Waals surface area contributed by atoms with Gasteiger partial charge in [-0.2, -0.15) is 0 Å². The van der Waals surface area contributed by atoms with Crippen molar-refractivity contribution in [2.75, 3.05) is 32.8 Å². The minimum absolute atomic E-state index is 0.375. The van der Waals surface area contributed by atoms with Crippen LogP contribution in [0.5, 0.6) is 0 Å². The number of rotatable bonds is 2. The summed E-state index contributed by atoms with van der Waals surface area (Å²) in [5, 5.41) is 3.77. The van der Waals surface area contributed by atoms with Crippen molar-refractivity contribution in [2.24, 2.45) is 5.92 Å². The molecule has 3 fully saturated rings. The van der Waals surface area contributed by atoms with Crippen LogP contribution in [0.2, 0.25) is 0 Å². The van der Waals surface area contributed by atoms with Crippen molar-refractivity contribution < 1.29 is 4.74 Å². The van der Waals surface area contributed by atoms with E-state index in [1.54, 1.807) is 0 Å². The van der Waals surface area contributed by atoms with Gasteiger partial charge in [-0.25, -0.2) is 0 Å². The molecule has 2 saturated heterocycles. The molecule has 0 spiro atoms. The van der Waals surface area contributed by atoms with Crippen LogP contribution in [0.1, 0.15) is 39.5 Å². The van der Waals surface area contributed by atoms with Crippen molar-refractivity contribution in [3.05, 3.63) is 0 Å². The van der Waals surface area contributed by atoms with Gasteiger partial charge in [-0.05, 0) is 45.4 Å². The standard InChI is InChI=1S/C14H26N2O/c1-13(5-9-17-10-6-13)16-8-7-15-14(2,11-16)12-3-4-12/h12,15H,3-11H2,1-2H3. The number of hydrogen-bond acceptors (Lipinski definition) is 3. The van der Waals surface area contributed by atoms with Crippen molar-refractivity contribution in [1.29, 1.82) is 0 Å². The molecular formula is C14H26N2O. The second-order valence-electron chi connectivity index (χ2n) is 6.65. The molecule has 17 heavy (non-hydrogen) atoms. The topological polar surface area (TPSA) is 24.5 Å². The lowest BCUT2D eigenvalue weighted by Gasteiger charge is -2.51. The van der Waals surface area contributed by atoms with E-state index < -0.39 is 0 Å². The van der Waals surface area contributed by atoms with Crippen LogP contribution in [0.4, 0.5) is 0 Å². The summed E-state index contributed by atoms with van der Waals surface area (Å²) in [5.74, 6) is 0.925. The van der Waals surface area contributed by atoms with Gasteiger partial charge in [0.15, 0.2) is 0 Å². The van der Waals surface area contributed by atoms with Crippen molar-refractivity contribution in [3.8, 4) is 0 Å². The molecule has 1 aliphatic carbocycles. The maximum atomic E-state index is 5.53. The fourth-order valence-electron chi connectivity index (χ4n) is 3.59. The molecule has 1 unspecified atom stereocenters. The number of piperazine rings is 1. The molecule has 0 bridgehead atoms. The van der Waals surface area contributed by atoms with Crippen LogP contribution >= 0.6 is 0 Å². The maximum Gasteiger partial charge on any atom is 0.0483 e. The summed E-state index contributed by atoms with van der Waals surface area (Å²) < 4.78 is 5.53. The van der Waals surface area contributed by atoms with E-state index in [1.807, 2.05) is 0 Å². The zero-order valence-electron chi connectivity index (χ0n) is 11.3. The molecular weight excluding hydrogens is 212 g/mol. The largest absolute Gasteiger partial charge is 0.381 e. The summed E-state index contributed by atoms with van der Waals surface area (Å²) >= 11 is 0. The minimum atomic E-state index is 0.375. The number of ether oxygens (including phenoxy) is 1. The summed E-state index contributed by atoms with van der Waals surface area (Å²) in [4.78, 5) is 2.74. The Labute approximate surface area is 105 Å². The Bertz CT molecular complexity index is 284. The second kappa shape index (κ2) is 4.22. The van der Waals surface area contributed by atoms with Gasteiger partial charge >= 0.3 is 0 Å². The van der Waals surface area contributed by atoms with Crippen LogP contribution in [0.25, 0.3) is 0 Å². The summed E-state index contributed by atoms with van der Waals surface area (Å²) in [6.45, 7) is 10.4. The van der Waals surface area contributed by atoms with Gasteiger partial charge in [0.25, 0.3) is 0 Å². The van der Waals surface area contributed by atoms with Crippen molar-refractivity contribution >= 4 is 0 Å². The van der Waals surface area contributed by atoms with Crippen LogP contribution in [0.15, 0.2) is 0 Å². The van der Waals surface area contributed by atoms with Crippen molar-refractivity contribution in [1.82, 2.24) is 10.2 Å². The van der Waals surface area contributed by atoms with E-state index in [1.165, 1.54) is 38.8 Å². The van der Waals surface area contributed by atoms with Gasteiger partial charge in [0.1, 0.15) is 0 Å². The average Bonchev–Trinajstić information content (AvgIpc) is 3.14. The smallest absolute Gasteiger partial charge is 0.0483 e. The second-order valence-corrected chi connectivity index (χ2v) is 6.65. The average molecular weight is 238 g/mol. The molecule has 3 rings (SSSR count). The fourth-order valence-corrected chi connectivity index (χ4v) is 3.59. The third-order valence-electron chi connectivity index (χ3n) is 5.24. The van der Waals surface area contributed by atoms with Crippen LogP contribution in [0.3, 0.4) is 0 Å². The summed E-state index contributed by atoms with van der Waals surface area (Å²) in [5.41, 5.74) is 0.760. The number of hydrogen-bond donors (Lipinski definition) is 1. The zero-order chi connectivity index (χ0) is 11.9. The highest BCUT2D eigenvalue weighted by Gasteiger charge is 2.47. The monoisotopic (exact) mass is 238 g/mol. The Morgan fingerprint density at radius 1 is 1.18 bits per heavy atom. The van der Waals surface area contributed by atoms with Gasteiger partial charge in [0.2, 0.25) is 0 Å². The lowest BCUT2D eigenvalue weighted by molar-refractivity contribution is -0.0427. The highest BCUT2D eigenvalue weighted by atomic mass is 16.5. The Balaban J connectivity index is 1.70. The fraction of sp³-hybridized carbons (Fsp3) is 1.00. The van der Waals surface area contributed by atoms with E-state index >= 15 is 0 Å². The first-order valence-electron chi connectivity index (χ1n) is 7.20. The predicted octanol–water partition coefficient (Wildman–Crippen LogP) is 1.63. The lowest BCUT2D eigenvalue weighted by atomic mass is 9.85. The molecule has 98 valence electrons. The lowest BCUT2D eigenvalue weighted by Crippen LogP contribution is -2.65. The van der Waals surface area contributed by atoms with E-state index in [9.17, 15) is 0 Å². The Hall–Kier alpha value is -0.120. The maximum absolute atomic E-state index is 5.53. The molecule has 0 amide bonds. The minimum Gasteiger partial charge on any atom is -0.381 e. The Morgan fingerprint density at radius 3 is 2.53 bits per heavy atom. The van der Waals surface area contributed by atoms with Gasteiger partial charge in [0.05, 0.1) is 0 Å². The number of nitrogens with zero attached hydrogens (tertiary/aromatic N) is 1. The summed E-state index contributed by atoms with van der Waals surface area (Å²) in [7, 11) is 0. The van der Waals surface area contributed by atoms with Gasteiger partial charge in [0, 0.05) is 43.9 Å². The molecule has 3 heteroatoms. The molecule has 0 aromatic heterocycles. The third-order valence-corrected chi connectivity index (χ3v) is 5.24. The Morgan fingerprint density at radius 2 is 1.88 bits per heavy atom. The summed E-state index contributed by atoms with van der Waals surface area (Å²) in [6, 6.07) is 0. The molecule has 3 aliphatic rings. The summed E-state index contributed by atoms with van der Waals surface area (Å²) in [6.07, 6.45) is 5.26. The SMILES string of the molecule is CC1(C2CC2)CN(C2(C)CCOCC2)CCN1. The molecule has 1 saturated carbocycles. The molecule has 1 N–H and O–H groups in total. The first-order valence-corrected chi connectivity index (χ1v) is 7.20. The van der Waals surface area contributed by atoms with E-state index in [0.29, 0.717) is 11.1 Å². The highest BCUT2D eigenvalue weighted by molar-refractivity contribution is 5.05. The number of nitrogens with one attached hydrogen (secondary N) is 1. The first kappa shape index (κ1) is 11.9. The molecule has 2 aliphatic heterocycles. The van der Waals surface area contributed by atoms with Crippen LogP contribution < -0.4 is 5.32 Å². The molecule has 0 aromatic rings. The van der Waals surface area contributed by atoms with Crippen molar-refractivity contribution in [3.63, 3.8) is 0 Å². The van der Waals surface area contributed by atoms with E-state index in [-0.39, 0.29) is 0 Å². The van der Waals surface area contributed by atoms with Gasteiger partial charge in [-0.3, -0.25) is 4.90 Å². The molecule has 3 nitrogen and oxygen atoms in total. The highest BCUT2D eigenvalue weighted by Crippen LogP contribution is 2.42. The van der Waals surface area contributed by atoms with Crippen LogP contribution in [0, 0.1) is 5.92 Å². The van der Waals surface area contributed by atoms with Crippen LogP contribution in [-0.2, 0) is 4.74 Å². The van der Waals surface area contributed by atoms with Crippen molar-refractivity contribution in [2.45, 2.75) is 50.6 Å². The van der Waals surface area contributed by atoms with Gasteiger partial charge in [-0.15, -0.1) is 0 Å². The normalized spacial score (nSPS) is 39.2. The van der Waals surface area contributed by atoms with E-state index in [4.69, 9.17) is 4.74 Å². The third kappa shape index (κ3) is 2.25. The predicted molar refractivity (Wildman–Crippen MR) is 69.2 cm³/mol. The molecule has 0 aromatic carbocycles. The van der Waals surface area contributed by atoms with Gasteiger partial charge < -0.3 is 10.1 Å². The van der Waals surface area contributed by atoms with Gasteiger partial charge in [-0.1, -0.05) is 0 Å². The molecule has 0 radical (unpaired) electrons. The van der Waals surface area contributed by atoms with Crippen LogP contribution in [-0.4, -0.2) is 48.8 Å². The quantitative estimate of drug-likeness (QED) is 0.791. The Kier molecular flexibility index (Phi) is 2.96. The molecule has 2 heterocycles.